The van der Waals surface area contributed by atoms with Crippen molar-refractivity contribution in [3.05, 3.63) is 60.2 Å². The summed E-state index contributed by atoms with van der Waals surface area (Å²) in [6, 6.07) is 15.0. The van der Waals surface area contributed by atoms with Crippen molar-refractivity contribution in [2.75, 3.05) is 6.61 Å². The smallest absolute Gasteiger partial charge is 0.341 e. The average Bonchev–Trinajstić information content (AvgIpc) is 2.84. The molecule has 0 atom stereocenters. The molecule has 3 aromatic rings. The van der Waals surface area contributed by atoms with E-state index < -0.39 is 6.00 Å². The lowest BCUT2D eigenvalue weighted by atomic mass is 10.0. The number of benzene rings is 2. The molecule has 0 bridgehead atoms. The highest BCUT2D eigenvalue weighted by molar-refractivity contribution is 7.64. The molecule has 0 saturated carbocycles. The van der Waals surface area contributed by atoms with E-state index >= 15 is 0 Å². The van der Waals surface area contributed by atoms with Crippen molar-refractivity contribution in [3.8, 4) is 28.3 Å². The summed E-state index contributed by atoms with van der Waals surface area (Å²) in [4.78, 5) is 13.1. The lowest BCUT2D eigenvalue weighted by molar-refractivity contribution is 0.304. The van der Waals surface area contributed by atoms with Crippen molar-refractivity contribution in [1.82, 2.24) is 15.0 Å². The van der Waals surface area contributed by atoms with Gasteiger partial charge in [-0.25, -0.2) is 15.0 Å². The van der Waals surface area contributed by atoms with Crippen LogP contribution in [0.2, 0.25) is 6.04 Å². The number of hydrogen-bond acceptors (Lipinski definition) is 4. The molecule has 3 rings (SSSR count). The van der Waals surface area contributed by atoms with Crippen LogP contribution in [0.1, 0.15) is 69.4 Å². The Bertz CT molecular complexity index is 1040. The topological polar surface area (TPSA) is 47.9 Å². The Morgan fingerprint density at radius 1 is 0.583 bits per heavy atom. The lowest BCUT2D eigenvalue weighted by Crippen LogP contribution is -2.07. The molecule has 8 heteroatoms. The molecular weight excluding hydrogens is 529 g/mol. The Labute approximate surface area is 230 Å². The van der Waals surface area contributed by atoms with Crippen LogP contribution < -0.4 is 4.74 Å². The molecule has 0 N–H and O–H groups in total. The predicted molar refractivity (Wildman–Crippen MR) is 155 cm³/mol. The number of rotatable bonds is 15. The number of halogens is 3. The standard InChI is InChI=1S/C28H36Cl3N3OSi/c1-22-32-23(2)34-28(33-22)26-14-12-24(13-15-26)25-16-18-27(19-17-25)35-20-10-8-6-4-3-5-7-9-11-21-36(29,30)31/h12-19H,3-11,20-21H2,1-2H3. The van der Waals surface area contributed by atoms with E-state index in [2.05, 4.69) is 51.4 Å². The van der Waals surface area contributed by atoms with Gasteiger partial charge in [0, 0.05) is 5.56 Å². The monoisotopic (exact) mass is 563 g/mol. The summed E-state index contributed by atoms with van der Waals surface area (Å²) in [5.74, 6) is 3.11. The van der Waals surface area contributed by atoms with Gasteiger partial charge in [-0.1, -0.05) is 87.8 Å². The molecule has 0 fully saturated rings. The fourth-order valence-corrected chi connectivity index (χ4v) is 6.01. The molecule has 2 aromatic carbocycles. The van der Waals surface area contributed by atoms with Crippen molar-refractivity contribution < 1.29 is 4.74 Å². The van der Waals surface area contributed by atoms with Crippen molar-refractivity contribution in [1.29, 1.82) is 0 Å². The molecule has 194 valence electrons. The summed E-state index contributed by atoms with van der Waals surface area (Å²) in [7, 11) is 0. The Hall–Kier alpha value is -1.66. The highest BCUT2D eigenvalue weighted by Crippen LogP contribution is 2.28. The molecule has 4 nitrogen and oxygen atoms in total. The first-order valence-electron chi connectivity index (χ1n) is 12.9. The third kappa shape index (κ3) is 10.8. The second-order valence-electron chi connectivity index (χ2n) is 9.25. The molecular formula is C28H36Cl3N3OSi. The van der Waals surface area contributed by atoms with E-state index in [-0.39, 0.29) is 0 Å². The Morgan fingerprint density at radius 2 is 1.03 bits per heavy atom. The highest BCUT2D eigenvalue weighted by Gasteiger charge is 2.23. The van der Waals surface area contributed by atoms with Gasteiger partial charge in [-0.3, -0.25) is 0 Å². The fraction of sp³-hybridized carbons (Fsp3) is 0.464. The van der Waals surface area contributed by atoms with Gasteiger partial charge in [-0.05, 0) is 49.6 Å². The Kier molecular flexibility index (Phi) is 12.0. The van der Waals surface area contributed by atoms with Crippen LogP contribution in [0.3, 0.4) is 0 Å². The molecule has 36 heavy (non-hydrogen) atoms. The molecule has 0 aliphatic carbocycles. The van der Waals surface area contributed by atoms with Gasteiger partial charge in [-0.15, -0.1) is 33.2 Å². The zero-order valence-electron chi connectivity index (χ0n) is 21.3. The molecule has 1 heterocycles. The predicted octanol–water partition coefficient (Wildman–Crippen LogP) is 9.37. The first kappa shape index (κ1) is 28.9. The van der Waals surface area contributed by atoms with Crippen LogP contribution in [0, 0.1) is 13.8 Å². The van der Waals surface area contributed by atoms with E-state index in [9.17, 15) is 0 Å². The SMILES string of the molecule is Cc1nc(C)nc(-c2ccc(-c3ccc(OCCCCCCCCCCC[Si](Cl)(Cl)Cl)cc3)cc2)n1. The largest absolute Gasteiger partial charge is 0.494 e. The van der Waals surface area contributed by atoms with Crippen LogP contribution in [0.4, 0.5) is 0 Å². The molecule has 0 unspecified atom stereocenters. The van der Waals surface area contributed by atoms with Crippen LogP contribution in [-0.4, -0.2) is 27.6 Å². The second kappa shape index (κ2) is 14.9. The van der Waals surface area contributed by atoms with Gasteiger partial charge < -0.3 is 4.74 Å². The van der Waals surface area contributed by atoms with E-state index in [4.69, 9.17) is 38.0 Å². The highest BCUT2D eigenvalue weighted by atomic mass is 35.8. The summed E-state index contributed by atoms with van der Waals surface area (Å²) in [5.41, 5.74) is 3.30. The summed E-state index contributed by atoms with van der Waals surface area (Å²) in [6.45, 7) is 4.54. The van der Waals surface area contributed by atoms with E-state index in [1.54, 1.807) is 0 Å². The third-order valence-electron chi connectivity index (χ3n) is 6.06. The van der Waals surface area contributed by atoms with Gasteiger partial charge in [-0.2, -0.15) is 0 Å². The first-order chi connectivity index (χ1) is 17.3. The van der Waals surface area contributed by atoms with Gasteiger partial charge in [0.15, 0.2) is 5.82 Å². The first-order valence-corrected chi connectivity index (χ1v) is 18.1. The zero-order valence-corrected chi connectivity index (χ0v) is 24.5. The van der Waals surface area contributed by atoms with Gasteiger partial charge in [0.2, 0.25) is 0 Å². The van der Waals surface area contributed by atoms with Gasteiger partial charge in [0.05, 0.1) is 6.61 Å². The van der Waals surface area contributed by atoms with Gasteiger partial charge in [0.1, 0.15) is 17.4 Å². The summed E-state index contributed by atoms with van der Waals surface area (Å²) >= 11 is 17.7. The maximum atomic E-state index is 5.94. The normalized spacial score (nSPS) is 11.6. The number of aromatic nitrogens is 3. The maximum Gasteiger partial charge on any atom is 0.341 e. The molecule has 0 aliphatic heterocycles. The molecule has 0 radical (unpaired) electrons. The minimum absolute atomic E-state index is 0.713. The summed E-state index contributed by atoms with van der Waals surface area (Å²) in [6.07, 6.45) is 10.9. The summed E-state index contributed by atoms with van der Waals surface area (Å²) < 4.78 is 5.94. The second-order valence-corrected chi connectivity index (χ2v) is 18.5. The minimum atomic E-state index is -2.41. The number of hydrogen-bond donors (Lipinski definition) is 0. The quantitative estimate of drug-likeness (QED) is 0.105. The van der Waals surface area contributed by atoms with Gasteiger partial charge in [0.25, 0.3) is 0 Å². The van der Waals surface area contributed by atoms with Crippen molar-refractivity contribution >= 4 is 39.2 Å². The van der Waals surface area contributed by atoms with Crippen molar-refractivity contribution in [3.63, 3.8) is 0 Å². The van der Waals surface area contributed by atoms with Crippen molar-refractivity contribution in [2.24, 2.45) is 0 Å². The number of ether oxygens (including phenoxy) is 1. The molecule has 0 amide bonds. The Morgan fingerprint density at radius 3 is 1.56 bits per heavy atom. The number of nitrogens with zero attached hydrogens (tertiary/aromatic N) is 3. The van der Waals surface area contributed by atoms with Crippen LogP contribution in [0.25, 0.3) is 22.5 Å². The van der Waals surface area contributed by atoms with Crippen LogP contribution in [0.15, 0.2) is 48.5 Å². The third-order valence-corrected chi connectivity index (χ3v) is 8.68. The molecule has 1 aromatic heterocycles. The number of aryl methyl sites for hydroxylation is 2. The fourth-order valence-electron chi connectivity index (χ4n) is 4.16. The van der Waals surface area contributed by atoms with Crippen LogP contribution >= 0.6 is 33.2 Å². The average molecular weight is 565 g/mol. The van der Waals surface area contributed by atoms with Gasteiger partial charge >= 0.3 is 6.00 Å². The van der Waals surface area contributed by atoms with E-state index in [0.717, 1.165) is 59.6 Å². The minimum Gasteiger partial charge on any atom is -0.494 e. The van der Waals surface area contributed by atoms with Crippen LogP contribution in [-0.2, 0) is 0 Å². The maximum absolute atomic E-state index is 5.94. The molecule has 0 spiro atoms. The Balaban J connectivity index is 1.30. The lowest BCUT2D eigenvalue weighted by Gasteiger charge is -2.09. The van der Waals surface area contributed by atoms with E-state index in [0.29, 0.717) is 5.82 Å². The van der Waals surface area contributed by atoms with E-state index in [1.165, 1.54) is 44.9 Å². The molecule has 0 aliphatic rings. The zero-order chi connectivity index (χ0) is 25.8. The molecule has 0 saturated heterocycles. The van der Waals surface area contributed by atoms with Crippen molar-refractivity contribution in [2.45, 2.75) is 77.7 Å². The van der Waals surface area contributed by atoms with Crippen LogP contribution in [0.5, 0.6) is 5.75 Å². The summed E-state index contributed by atoms with van der Waals surface area (Å²) in [5, 5.41) is 0. The number of unbranched alkanes of at least 4 members (excludes halogenated alkanes) is 8. The van der Waals surface area contributed by atoms with E-state index in [1.807, 2.05) is 26.0 Å².